The number of unbranched alkanes of at least 4 members (excludes halogenated alkanes) is 4. The van der Waals surface area contributed by atoms with E-state index < -0.39 is 11.9 Å². The monoisotopic (exact) mass is 374 g/mol. The zero-order chi connectivity index (χ0) is 17.4. The maximum atomic E-state index is 10.1. The Morgan fingerprint density at radius 2 is 0.957 bits per heavy atom. The predicted octanol–water partition coefficient (Wildman–Crippen LogP) is 5.35. The van der Waals surface area contributed by atoms with E-state index >= 15 is 0 Å². The first-order valence-corrected chi connectivity index (χ1v) is 8.69. The van der Waals surface area contributed by atoms with Crippen LogP contribution in [-0.4, -0.2) is 22.2 Å². The standard InChI is InChI=1S/C10H20O2.C8H16O2.Ni/c1-9(2)7-5-3-4-6-8-10(11)12;1-7(2)5-3-4-6-8(9)10;/h9H,3-8H2,1-2H3,(H,11,12);7H,3-6H2,1-2H3,(H,9,10);. The van der Waals surface area contributed by atoms with Crippen LogP contribution in [0, 0.1) is 11.8 Å². The van der Waals surface area contributed by atoms with Gasteiger partial charge in [-0.05, 0) is 24.7 Å². The van der Waals surface area contributed by atoms with E-state index in [-0.39, 0.29) is 16.5 Å². The minimum absolute atomic E-state index is 0. The molecule has 0 atom stereocenters. The number of aliphatic carboxylic acids is 2. The molecular weight excluding hydrogens is 339 g/mol. The second-order valence-electron chi connectivity index (χ2n) is 6.77. The van der Waals surface area contributed by atoms with Crippen molar-refractivity contribution in [1.29, 1.82) is 0 Å². The Morgan fingerprint density at radius 3 is 1.30 bits per heavy atom. The van der Waals surface area contributed by atoms with Gasteiger partial charge in [0.25, 0.3) is 0 Å². The Balaban J connectivity index is -0.000000338. The van der Waals surface area contributed by atoms with Crippen LogP contribution in [0.1, 0.15) is 91.9 Å². The van der Waals surface area contributed by atoms with Gasteiger partial charge in [0.15, 0.2) is 0 Å². The van der Waals surface area contributed by atoms with E-state index in [0.717, 1.165) is 38.0 Å². The van der Waals surface area contributed by atoms with E-state index in [1.165, 1.54) is 19.3 Å². The van der Waals surface area contributed by atoms with Crippen molar-refractivity contribution in [2.24, 2.45) is 11.8 Å². The van der Waals surface area contributed by atoms with E-state index in [9.17, 15) is 9.59 Å². The van der Waals surface area contributed by atoms with Gasteiger partial charge < -0.3 is 10.2 Å². The summed E-state index contributed by atoms with van der Waals surface area (Å²) < 4.78 is 0. The first kappa shape index (κ1) is 27.3. The van der Waals surface area contributed by atoms with Crippen LogP contribution in [0.4, 0.5) is 0 Å². The van der Waals surface area contributed by atoms with Gasteiger partial charge in [-0.25, -0.2) is 0 Å². The van der Waals surface area contributed by atoms with Crippen LogP contribution >= 0.6 is 0 Å². The minimum atomic E-state index is -0.677. The largest absolute Gasteiger partial charge is 0.481 e. The molecule has 0 aromatic carbocycles. The number of carboxylic acid groups (broad SMARTS) is 2. The zero-order valence-electron chi connectivity index (χ0n) is 15.3. The molecular formula is C18H36NiO4. The first-order valence-electron chi connectivity index (χ1n) is 8.69. The maximum absolute atomic E-state index is 10.1. The third-order valence-electron chi connectivity index (χ3n) is 3.34. The van der Waals surface area contributed by atoms with Crippen LogP contribution in [0.3, 0.4) is 0 Å². The number of hydrogen-bond acceptors (Lipinski definition) is 2. The van der Waals surface area contributed by atoms with E-state index in [1.807, 2.05) is 0 Å². The molecule has 2 N–H and O–H groups in total. The van der Waals surface area contributed by atoms with Crippen molar-refractivity contribution in [3.63, 3.8) is 0 Å². The molecule has 0 fully saturated rings. The minimum Gasteiger partial charge on any atom is -0.481 e. The van der Waals surface area contributed by atoms with Crippen molar-refractivity contribution in [3.8, 4) is 0 Å². The van der Waals surface area contributed by atoms with Crippen molar-refractivity contribution in [3.05, 3.63) is 0 Å². The molecule has 0 aliphatic heterocycles. The fourth-order valence-electron chi connectivity index (χ4n) is 2.01. The van der Waals surface area contributed by atoms with Gasteiger partial charge in [0.1, 0.15) is 0 Å². The van der Waals surface area contributed by atoms with Gasteiger partial charge in [0.05, 0.1) is 0 Å². The molecule has 0 unspecified atom stereocenters. The Labute approximate surface area is 152 Å². The van der Waals surface area contributed by atoms with Crippen LogP contribution in [0.25, 0.3) is 0 Å². The van der Waals surface area contributed by atoms with Gasteiger partial charge in [0, 0.05) is 29.3 Å². The summed E-state index contributed by atoms with van der Waals surface area (Å²) in [5.74, 6) is 0.140. The first-order chi connectivity index (χ1) is 10.3. The summed E-state index contributed by atoms with van der Waals surface area (Å²) in [4.78, 5) is 20.2. The smallest absolute Gasteiger partial charge is 0.303 e. The number of carbonyl (C=O) groups is 2. The summed E-state index contributed by atoms with van der Waals surface area (Å²) in [5.41, 5.74) is 0. The molecule has 0 radical (unpaired) electrons. The molecule has 0 bridgehead atoms. The van der Waals surface area contributed by atoms with Crippen molar-refractivity contribution in [1.82, 2.24) is 0 Å². The molecule has 0 saturated carbocycles. The number of carboxylic acids is 2. The number of rotatable bonds is 12. The molecule has 0 amide bonds. The summed E-state index contributed by atoms with van der Waals surface area (Å²) in [6, 6.07) is 0. The summed E-state index contributed by atoms with van der Waals surface area (Å²) in [7, 11) is 0. The van der Waals surface area contributed by atoms with E-state index in [2.05, 4.69) is 27.7 Å². The zero-order valence-corrected chi connectivity index (χ0v) is 16.2. The SMILES string of the molecule is CC(C)CCCCC(=O)O.CC(C)CCCCCCC(=O)O.[Ni]. The normalized spacial score (nSPS) is 10.0. The number of hydrogen-bond donors (Lipinski definition) is 2. The fourth-order valence-corrected chi connectivity index (χ4v) is 2.01. The summed E-state index contributed by atoms with van der Waals surface area (Å²) in [5, 5.41) is 16.6. The van der Waals surface area contributed by atoms with Crippen molar-refractivity contribution < 1.29 is 36.3 Å². The third-order valence-corrected chi connectivity index (χ3v) is 3.34. The third kappa shape index (κ3) is 34.0. The topological polar surface area (TPSA) is 74.6 Å². The van der Waals surface area contributed by atoms with E-state index in [4.69, 9.17) is 10.2 Å². The summed E-state index contributed by atoms with van der Waals surface area (Å²) in [6.07, 6.45) is 9.29. The molecule has 142 valence electrons. The van der Waals surface area contributed by atoms with Gasteiger partial charge >= 0.3 is 11.9 Å². The van der Waals surface area contributed by atoms with Crippen LogP contribution < -0.4 is 0 Å². The fraction of sp³-hybridized carbons (Fsp3) is 0.889. The molecule has 0 saturated heterocycles. The Kier molecular flexibility index (Phi) is 23.1. The Morgan fingerprint density at radius 1 is 0.652 bits per heavy atom. The summed E-state index contributed by atoms with van der Waals surface area (Å²) >= 11 is 0. The summed E-state index contributed by atoms with van der Waals surface area (Å²) in [6.45, 7) is 8.75. The van der Waals surface area contributed by atoms with Gasteiger partial charge in [-0.2, -0.15) is 0 Å². The molecule has 0 aliphatic rings. The van der Waals surface area contributed by atoms with Crippen molar-refractivity contribution >= 4 is 11.9 Å². The molecule has 5 heteroatoms. The predicted molar refractivity (Wildman–Crippen MR) is 91.1 cm³/mol. The average molecular weight is 375 g/mol. The quantitative estimate of drug-likeness (QED) is 0.356. The second kappa shape index (κ2) is 19.5. The van der Waals surface area contributed by atoms with E-state index in [0.29, 0.717) is 18.8 Å². The molecule has 0 aromatic heterocycles. The molecule has 0 spiro atoms. The molecule has 0 rings (SSSR count). The average Bonchev–Trinajstić information content (AvgIpc) is 2.38. The van der Waals surface area contributed by atoms with E-state index in [1.54, 1.807) is 0 Å². The van der Waals surface area contributed by atoms with Gasteiger partial charge in [0.2, 0.25) is 0 Å². The van der Waals surface area contributed by atoms with Crippen LogP contribution in [0.2, 0.25) is 0 Å². The molecule has 23 heavy (non-hydrogen) atoms. The molecule has 0 aromatic rings. The molecule has 0 heterocycles. The van der Waals surface area contributed by atoms with Crippen LogP contribution in [0.5, 0.6) is 0 Å². The van der Waals surface area contributed by atoms with Gasteiger partial charge in [-0.15, -0.1) is 0 Å². The Bertz CT molecular complexity index is 278. The van der Waals surface area contributed by atoms with Gasteiger partial charge in [-0.3, -0.25) is 9.59 Å². The van der Waals surface area contributed by atoms with Crippen LogP contribution in [0.15, 0.2) is 0 Å². The second-order valence-corrected chi connectivity index (χ2v) is 6.77. The Hall–Kier alpha value is -0.566. The van der Waals surface area contributed by atoms with Crippen molar-refractivity contribution in [2.45, 2.75) is 91.9 Å². The van der Waals surface area contributed by atoms with Crippen molar-refractivity contribution in [2.75, 3.05) is 0 Å². The molecule has 0 aliphatic carbocycles. The van der Waals surface area contributed by atoms with Gasteiger partial charge in [-0.1, -0.05) is 66.2 Å². The molecule has 4 nitrogen and oxygen atoms in total. The maximum Gasteiger partial charge on any atom is 0.303 e. The van der Waals surface area contributed by atoms with Crippen LogP contribution in [-0.2, 0) is 26.1 Å².